The first-order valence-corrected chi connectivity index (χ1v) is 5.46. The van der Waals surface area contributed by atoms with Crippen molar-refractivity contribution in [3.63, 3.8) is 0 Å². The molecule has 1 aromatic carbocycles. The van der Waals surface area contributed by atoms with Gasteiger partial charge in [0.15, 0.2) is 5.58 Å². The minimum absolute atomic E-state index is 0.0294. The summed E-state index contributed by atoms with van der Waals surface area (Å²) in [4.78, 5) is 6.12. The smallest absolute Gasteiger partial charge is 0.209 e. The highest BCUT2D eigenvalue weighted by Crippen LogP contribution is 2.17. The Morgan fingerprint density at radius 2 is 2.29 bits per heavy atom. The van der Waals surface area contributed by atoms with Gasteiger partial charge in [-0.25, -0.2) is 9.37 Å². The van der Waals surface area contributed by atoms with E-state index in [4.69, 9.17) is 9.52 Å². The highest BCUT2D eigenvalue weighted by molar-refractivity contribution is 5.72. The van der Waals surface area contributed by atoms with Crippen molar-refractivity contribution < 1.29 is 13.9 Å². The lowest BCUT2D eigenvalue weighted by molar-refractivity contribution is 0.145. The van der Waals surface area contributed by atoms with Gasteiger partial charge < -0.3 is 9.52 Å². The number of benzene rings is 1. The van der Waals surface area contributed by atoms with Gasteiger partial charge in [-0.3, -0.25) is 4.90 Å². The zero-order valence-electron chi connectivity index (χ0n) is 9.85. The molecule has 0 saturated heterocycles. The van der Waals surface area contributed by atoms with Gasteiger partial charge >= 0.3 is 0 Å². The number of aliphatic hydroxyl groups is 1. The summed E-state index contributed by atoms with van der Waals surface area (Å²) >= 11 is 0. The third kappa shape index (κ3) is 2.62. The number of halogens is 1. The first-order chi connectivity index (χ1) is 8.10. The number of aliphatic hydroxyl groups excluding tert-OH is 1. The maximum atomic E-state index is 13.0. The van der Waals surface area contributed by atoms with Crippen LogP contribution in [-0.2, 0) is 6.54 Å². The summed E-state index contributed by atoms with van der Waals surface area (Å²) in [6.45, 7) is 2.46. The SMILES string of the molecule is CC(CO)N(C)Cc1nc2cc(F)ccc2o1. The number of hydrogen-bond acceptors (Lipinski definition) is 4. The fourth-order valence-corrected chi connectivity index (χ4v) is 1.52. The van der Waals surface area contributed by atoms with Crippen LogP contribution in [0.1, 0.15) is 12.8 Å². The van der Waals surface area contributed by atoms with Gasteiger partial charge in [0.1, 0.15) is 11.3 Å². The van der Waals surface area contributed by atoms with E-state index in [-0.39, 0.29) is 18.5 Å². The van der Waals surface area contributed by atoms with Crippen LogP contribution in [-0.4, -0.2) is 34.7 Å². The predicted octanol–water partition coefficient (Wildman–Crippen LogP) is 1.78. The molecule has 0 radical (unpaired) electrons. The summed E-state index contributed by atoms with van der Waals surface area (Å²) in [5.41, 5.74) is 1.09. The Hall–Kier alpha value is -1.46. The first kappa shape index (κ1) is 12.0. The van der Waals surface area contributed by atoms with Crippen LogP contribution >= 0.6 is 0 Å². The molecule has 1 unspecified atom stereocenters. The van der Waals surface area contributed by atoms with Crippen molar-refractivity contribution in [2.24, 2.45) is 0 Å². The van der Waals surface area contributed by atoms with Crippen LogP contribution in [0.3, 0.4) is 0 Å². The predicted molar refractivity (Wildman–Crippen MR) is 62.0 cm³/mol. The largest absolute Gasteiger partial charge is 0.439 e. The van der Waals surface area contributed by atoms with Gasteiger partial charge in [0.2, 0.25) is 5.89 Å². The van der Waals surface area contributed by atoms with E-state index >= 15 is 0 Å². The maximum absolute atomic E-state index is 13.0. The summed E-state index contributed by atoms with van der Waals surface area (Å²) in [5.74, 6) is 0.197. The van der Waals surface area contributed by atoms with Crippen LogP contribution in [0.25, 0.3) is 11.1 Å². The van der Waals surface area contributed by atoms with Gasteiger partial charge in [-0.2, -0.15) is 0 Å². The van der Waals surface area contributed by atoms with Crippen molar-refractivity contribution in [2.45, 2.75) is 19.5 Å². The van der Waals surface area contributed by atoms with E-state index < -0.39 is 0 Å². The third-order valence-electron chi connectivity index (χ3n) is 2.80. The molecule has 1 atom stereocenters. The second-order valence-electron chi connectivity index (χ2n) is 4.17. The molecule has 1 aromatic heterocycles. The molecule has 4 nitrogen and oxygen atoms in total. The summed E-state index contributed by atoms with van der Waals surface area (Å²) in [6.07, 6.45) is 0. The highest BCUT2D eigenvalue weighted by atomic mass is 19.1. The molecule has 0 amide bonds. The monoisotopic (exact) mass is 238 g/mol. The lowest BCUT2D eigenvalue weighted by atomic mass is 10.3. The number of oxazole rings is 1. The lowest BCUT2D eigenvalue weighted by Gasteiger charge is -2.20. The van der Waals surface area contributed by atoms with E-state index in [1.165, 1.54) is 12.1 Å². The molecule has 0 fully saturated rings. The molecule has 0 saturated carbocycles. The molecule has 92 valence electrons. The third-order valence-corrected chi connectivity index (χ3v) is 2.80. The molecule has 2 rings (SSSR count). The second-order valence-corrected chi connectivity index (χ2v) is 4.17. The Balaban J connectivity index is 2.19. The zero-order chi connectivity index (χ0) is 12.4. The standard InChI is InChI=1S/C12H15FN2O2/c1-8(7-16)15(2)6-12-14-10-5-9(13)3-4-11(10)17-12/h3-5,8,16H,6-7H2,1-2H3. The number of rotatable bonds is 4. The van der Waals surface area contributed by atoms with E-state index in [1.807, 2.05) is 18.9 Å². The van der Waals surface area contributed by atoms with Gasteiger partial charge in [-0.1, -0.05) is 0 Å². The molecule has 0 aliphatic carbocycles. The van der Waals surface area contributed by atoms with Crippen LogP contribution in [0, 0.1) is 5.82 Å². The molecule has 0 aliphatic rings. The zero-order valence-corrected chi connectivity index (χ0v) is 9.85. The van der Waals surface area contributed by atoms with Crippen LogP contribution < -0.4 is 0 Å². The van der Waals surface area contributed by atoms with Gasteiger partial charge in [0.25, 0.3) is 0 Å². The van der Waals surface area contributed by atoms with Gasteiger partial charge in [0, 0.05) is 12.1 Å². The molecule has 0 aliphatic heterocycles. The summed E-state index contributed by atoms with van der Waals surface area (Å²) < 4.78 is 18.5. The highest BCUT2D eigenvalue weighted by Gasteiger charge is 2.12. The average Bonchev–Trinajstić information content (AvgIpc) is 2.69. The van der Waals surface area contributed by atoms with Crippen LogP contribution in [0.15, 0.2) is 22.6 Å². The van der Waals surface area contributed by atoms with E-state index in [0.717, 1.165) is 0 Å². The summed E-state index contributed by atoms with van der Waals surface area (Å²) in [6, 6.07) is 4.29. The molecule has 0 spiro atoms. The Kier molecular flexibility index (Phi) is 3.40. The summed E-state index contributed by atoms with van der Waals surface area (Å²) in [5, 5.41) is 9.02. The van der Waals surface area contributed by atoms with E-state index in [2.05, 4.69) is 4.98 Å². The molecule has 0 bridgehead atoms. The molecular formula is C12H15FN2O2. The quantitative estimate of drug-likeness (QED) is 0.882. The minimum Gasteiger partial charge on any atom is -0.439 e. The topological polar surface area (TPSA) is 49.5 Å². The molecular weight excluding hydrogens is 223 g/mol. The van der Waals surface area contributed by atoms with Gasteiger partial charge in [-0.15, -0.1) is 0 Å². The Bertz CT molecular complexity index is 512. The first-order valence-electron chi connectivity index (χ1n) is 5.46. The van der Waals surface area contributed by atoms with Crippen molar-refractivity contribution in [1.82, 2.24) is 9.88 Å². The Morgan fingerprint density at radius 1 is 1.53 bits per heavy atom. The molecule has 1 heterocycles. The van der Waals surface area contributed by atoms with Crippen molar-refractivity contribution >= 4 is 11.1 Å². The van der Waals surface area contributed by atoms with E-state index in [0.29, 0.717) is 23.5 Å². The van der Waals surface area contributed by atoms with Crippen molar-refractivity contribution in [3.8, 4) is 0 Å². The molecule has 5 heteroatoms. The Morgan fingerprint density at radius 3 is 3.00 bits per heavy atom. The number of aromatic nitrogens is 1. The van der Waals surface area contributed by atoms with Crippen molar-refractivity contribution in [2.75, 3.05) is 13.7 Å². The van der Waals surface area contributed by atoms with Crippen molar-refractivity contribution in [3.05, 3.63) is 29.9 Å². The minimum atomic E-state index is -0.325. The molecule has 2 aromatic rings. The normalized spacial score (nSPS) is 13.5. The lowest BCUT2D eigenvalue weighted by Crippen LogP contribution is -2.31. The maximum Gasteiger partial charge on any atom is 0.209 e. The van der Waals surface area contributed by atoms with Crippen molar-refractivity contribution in [1.29, 1.82) is 0 Å². The fraction of sp³-hybridized carbons (Fsp3) is 0.417. The van der Waals surface area contributed by atoms with Crippen LogP contribution in [0.4, 0.5) is 4.39 Å². The van der Waals surface area contributed by atoms with Gasteiger partial charge in [0.05, 0.1) is 13.2 Å². The second kappa shape index (κ2) is 4.81. The number of hydrogen-bond donors (Lipinski definition) is 1. The Labute approximate surface area is 98.7 Å². The van der Waals surface area contributed by atoms with Crippen LogP contribution in [0.5, 0.6) is 0 Å². The van der Waals surface area contributed by atoms with Gasteiger partial charge in [-0.05, 0) is 26.1 Å². The average molecular weight is 238 g/mol. The molecule has 1 N–H and O–H groups in total. The van der Waals surface area contributed by atoms with E-state index in [1.54, 1.807) is 6.07 Å². The summed E-state index contributed by atoms with van der Waals surface area (Å²) in [7, 11) is 1.87. The van der Waals surface area contributed by atoms with E-state index in [9.17, 15) is 4.39 Å². The fourth-order valence-electron chi connectivity index (χ4n) is 1.52. The number of fused-ring (bicyclic) bond motifs is 1. The molecule has 17 heavy (non-hydrogen) atoms. The number of nitrogens with zero attached hydrogens (tertiary/aromatic N) is 2. The van der Waals surface area contributed by atoms with Crippen LogP contribution in [0.2, 0.25) is 0 Å². The number of likely N-dealkylation sites (N-methyl/N-ethyl adjacent to an activating group) is 1.